The van der Waals surface area contributed by atoms with Gasteiger partial charge in [-0.3, -0.25) is 0 Å². The first-order valence-corrected chi connectivity index (χ1v) is 16.7. The summed E-state index contributed by atoms with van der Waals surface area (Å²) in [7, 11) is 2.17. The number of hydrogen-bond acceptors (Lipinski definition) is 1. The first kappa shape index (κ1) is 28.8. The topological polar surface area (TPSA) is 17.2 Å². The molecule has 8 rings (SSSR count). The lowest BCUT2D eigenvalue weighted by Crippen LogP contribution is -2.38. The van der Waals surface area contributed by atoms with Crippen molar-refractivity contribution >= 4 is 38.3 Å². The zero-order valence-corrected chi connectivity index (χ0v) is 28.1. The molecule has 0 bridgehead atoms. The van der Waals surface area contributed by atoms with Crippen LogP contribution >= 0.6 is 0 Å². The highest BCUT2D eigenvalue weighted by molar-refractivity contribution is 6.11. The fraction of sp³-hybridized carbons (Fsp3) is 0.279. The monoisotopic (exact) mass is 603 g/mol. The minimum Gasteiger partial charge on any atom is -0.478 e. The molecule has 5 aromatic carbocycles. The molecule has 0 amide bonds. The Morgan fingerprint density at radius 3 is 2.30 bits per heavy atom. The van der Waals surface area contributed by atoms with Gasteiger partial charge in [0.1, 0.15) is 12.8 Å². The van der Waals surface area contributed by atoms with Gasteiger partial charge in [0.2, 0.25) is 5.71 Å². The SMILES string of the molecule is Cc1c(C2=[N+](C)C=CC3c4cc(-n5c6ccccc6c6cccc(CC(C)C)c65)ccc4OC23)cc(C(C)(C)C)c2ccccc12. The maximum absolute atomic E-state index is 6.93. The third-order valence-corrected chi connectivity index (χ3v) is 10.2. The van der Waals surface area contributed by atoms with Gasteiger partial charge in [-0.15, -0.1) is 0 Å². The number of aromatic nitrogens is 1. The number of nitrogens with zero attached hydrogens (tertiary/aromatic N) is 2. The van der Waals surface area contributed by atoms with E-state index in [1.165, 1.54) is 71.8 Å². The van der Waals surface area contributed by atoms with E-state index in [1.54, 1.807) is 0 Å². The van der Waals surface area contributed by atoms with Crippen molar-refractivity contribution in [2.45, 2.75) is 65.4 Å². The third-order valence-electron chi connectivity index (χ3n) is 10.2. The van der Waals surface area contributed by atoms with Crippen LogP contribution in [0.25, 0.3) is 38.3 Å². The Morgan fingerprint density at radius 2 is 1.54 bits per heavy atom. The summed E-state index contributed by atoms with van der Waals surface area (Å²) >= 11 is 0. The summed E-state index contributed by atoms with van der Waals surface area (Å²) in [6, 6.07) is 33.8. The smallest absolute Gasteiger partial charge is 0.230 e. The molecule has 3 heterocycles. The Bertz CT molecular complexity index is 2260. The standard InChI is InChI=1S/C43H43N2O/c1-26(2)23-28-13-12-17-33-32-16-10-11-18-38(32)45(40(28)33)29-19-20-39-36(24-29)34-21-22-44(7)41(42(34)46-39)35-25-37(43(4,5)6)31-15-9-8-14-30(31)27(35)3/h8-22,24-26,34,42H,23H2,1-7H3/q+1. The predicted octanol–water partition coefficient (Wildman–Crippen LogP) is 10.2. The van der Waals surface area contributed by atoms with Crippen LogP contribution in [0.15, 0.2) is 103 Å². The molecule has 2 unspecified atom stereocenters. The van der Waals surface area contributed by atoms with Gasteiger partial charge in [-0.1, -0.05) is 95.3 Å². The lowest BCUT2D eigenvalue weighted by atomic mass is 9.79. The number of fused-ring (bicyclic) bond motifs is 7. The van der Waals surface area contributed by atoms with Crippen LogP contribution < -0.4 is 4.74 Å². The molecule has 3 nitrogen and oxygen atoms in total. The van der Waals surface area contributed by atoms with Gasteiger partial charge < -0.3 is 9.30 Å². The highest BCUT2D eigenvalue weighted by Gasteiger charge is 2.44. The molecule has 1 aromatic heterocycles. The largest absolute Gasteiger partial charge is 0.478 e. The number of benzene rings is 5. The maximum Gasteiger partial charge on any atom is 0.230 e. The minimum absolute atomic E-state index is 0.0101. The second-order valence-electron chi connectivity index (χ2n) is 14.8. The summed E-state index contributed by atoms with van der Waals surface area (Å²) in [6.07, 6.45) is 5.53. The molecule has 6 aromatic rings. The molecule has 0 aliphatic carbocycles. The van der Waals surface area contributed by atoms with Crippen LogP contribution in [0.5, 0.6) is 5.75 Å². The first-order valence-electron chi connectivity index (χ1n) is 16.7. The summed E-state index contributed by atoms with van der Waals surface area (Å²) < 4.78 is 11.7. The van der Waals surface area contributed by atoms with Crippen molar-refractivity contribution in [3.8, 4) is 11.4 Å². The molecule has 3 heteroatoms. The molecule has 2 aliphatic rings. The van der Waals surface area contributed by atoms with Gasteiger partial charge in [0.25, 0.3) is 0 Å². The molecule has 0 radical (unpaired) electrons. The van der Waals surface area contributed by atoms with Crippen LogP contribution in [0, 0.1) is 12.8 Å². The normalized spacial score (nSPS) is 17.7. The predicted molar refractivity (Wildman–Crippen MR) is 193 cm³/mol. The summed E-state index contributed by atoms with van der Waals surface area (Å²) in [4.78, 5) is 0. The third kappa shape index (κ3) is 4.35. The van der Waals surface area contributed by atoms with Crippen molar-refractivity contribution in [3.63, 3.8) is 0 Å². The summed E-state index contributed by atoms with van der Waals surface area (Å²) in [5, 5.41) is 5.28. The lowest BCUT2D eigenvalue weighted by molar-refractivity contribution is -0.427. The van der Waals surface area contributed by atoms with Gasteiger partial charge in [-0.05, 0) is 88.5 Å². The van der Waals surface area contributed by atoms with E-state index in [1.807, 2.05) is 0 Å². The van der Waals surface area contributed by atoms with Gasteiger partial charge in [-0.2, -0.15) is 0 Å². The van der Waals surface area contributed by atoms with Crippen LogP contribution in [0.1, 0.15) is 68.4 Å². The summed E-state index contributed by atoms with van der Waals surface area (Å²) in [5.74, 6) is 1.68. The lowest BCUT2D eigenvalue weighted by Gasteiger charge is -2.26. The molecule has 0 saturated heterocycles. The molecule has 0 saturated carbocycles. The van der Waals surface area contributed by atoms with Crippen molar-refractivity contribution < 1.29 is 9.31 Å². The van der Waals surface area contributed by atoms with Crippen LogP contribution in [0.4, 0.5) is 0 Å². The minimum atomic E-state index is -0.0948. The summed E-state index contributed by atoms with van der Waals surface area (Å²) in [5.41, 5.74) is 11.6. The van der Waals surface area contributed by atoms with E-state index in [2.05, 4.69) is 161 Å². The molecule has 0 fully saturated rings. The second-order valence-corrected chi connectivity index (χ2v) is 14.8. The highest BCUT2D eigenvalue weighted by atomic mass is 16.5. The summed E-state index contributed by atoms with van der Waals surface area (Å²) in [6.45, 7) is 13.8. The van der Waals surface area contributed by atoms with Gasteiger partial charge >= 0.3 is 0 Å². The quantitative estimate of drug-likeness (QED) is 0.183. The van der Waals surface area contributed by atoms with Crippen molar-refractivity contribution in [1.82, 2.24) is 4.57 Å². The van der Waals surface area contributed by atoms with Gasteiger partial charge in [-0.25, -0.2) is 4.58 Å². The van der Waals surface area contributed by atoms with E-state index in [4.69, 9.17) is 4.74 Å². The molecule has 2 atom stereocenters. The molecule has 0 spiro atoms. The van der Waals surface area contributed by atoms with Crippen LogP contribution in [-0.4, -0.2) is 28.0 Å². The Labute approximate surface area is 272 Å². The van der Waals surface area contributed by atoms with Crippen molar-refractivity contribution in [3.05, 3.63) is 131 Å². The molecular formula is C43H43N2O+. The number of hydrogen-bond donors (Lipinski definition) is 0. The number of aryl methyl sites for hydroxylation is 1. The van der Waals surface area contributed by atoms with E-state index in [0.717, 1.165) is 12.2 Å². The fourth-order valence-electron chi connectivity index (χ4n) is 8.06. The van der Waals surface area contributed by atoms with Crippen LogP contribution in [0.3, 0.4) is 0 Å². The first-order chi connectivity index (χ1) is 22.1. The van der Waals surface area contributed by atoms with E-state index in [9.17, 15) is 0 Å². The Hall–Kier alpha value is -4.63. The Balaban J connectivity index is 1.28. The van der Waals surface area contributed by atoms with E-state index in [-0.39, 0.29) is 17.4 Å². The van der Waals surface area contributed by atoms with Crippen LogP contribution in [0.2, 0.25) is 0 Å². The Kier molecular flexibility index (Phi) is 6.55. The van der Waals surface area contributed by atoms with E-state index in [0.29, 0.717) is 5.92 Å². The van der Waals surface area contributed by atoms with E-state index >= 15 is 0 Å². The Morgan fingerprint density at radius 1 is 0.826 bits per heavy atom. The van der Waals surface area contributed by atoms with Crippen molar-refractivity contribution in [1.29, 1.82) is 0 Å². The number of rotatable bonds is 4. The average Bonchev–Trinajstić information content (AvgIpc) is 3.57. The van der Waals surface area contributed by atoms with Crippen LogP contribution in [-0.2, 0) is 11.8 Å². The number of ether oxygens (including phenoxy) is 1. The molecule has 230 valence electrons. The van der Waals surface area contributed by atoms with Crippen molar-refractivity contribution in [2.24, 2.45) is 5.92 Å². The molecular weight excluding hydrogens is 560 g/mol. The second kappa shape index (κ2) is 10.5. The van der Waals surface area contributed by atoms with Gasteiger partial charge in [0.05, 0.1) is 17.0 Å². The van der Waals surface area contributed by atoms with Crippen molar-refractivity contribution in [2.75, 3.05) is 7.05 Å². The fourth-order valence-corrected chi connectivity index (χ4v) is 8.06. The number of para-hydroxylation sites is 2. The molecule has 2 aliphatic heterocycles. The van der Waals surface area contributed by atoms with E-state index < -0.39 is 0 Å². The van der Waals surface area contributed by atoms with Gasteiger partial charge in [0.15, 0.2) is 12.3 Å². The highest BCUT2D eigenvalue weighted by Crippen LogP contribution is 2.45. The molecule has 0 N–H and O–H groups in total. The average molecular weight is 604 g/mol. The van der Waals surface area contributed by atoms with Gasteiger partial charge in [0, 0.05) is 27.6 Å². The molecule has 46 heavy (non-hydrogen) atoms. The zero-order valence-electron chi connectivity index (χ0n) is 28.1. The maximum atomic E-state index is 6.93. The zero-order chi connectivity index (χ0) is 31.9.